The van der Waals surface area contributed by atoms with E-state index in [1.165, 1.54) is 12.4 Å². The Kier molecular flexibility index (Phi) is 13.6. The van der Waals surface area contributed by atoms with Crippen molar-refractivity contribution in [2.24, 2.45) is 0 Å². The maximum atomic E-state index is 8.91. The molecule has 4 aromatic rings. The molecule has 0 aliphatic heterocycles. The minimum Gasteiger partial charge on any atom is -0.506 e. The van der Waals surface area contributed by atoms with E-state index in [4.69, 9.17) is 91.0 Å². The van der Waals surface area contributed by atoms with Crippen molar-refractivity contribution in [1.82, 2.24) is 9.97 Å². The molecule has 0 fully saturated rings. The van der Waals surface area contributed by atoms with Gasteiger partial charge in [0.05, 0.1) is 20.1 Å². The Morgan fingerprint density at radius 3 is 1.66 bits per heavy atom. The standard InChI is InChI=1S/C11H5Cl3INO.C6H4ClIO.C5H2Cl3N/c12-7-5-6(15)1-2-8(7)17-9-3-4-16-11(14)10(9)13;7-5-3-4(8)1-2-6(5)9;6-3-1-2-9-5(8)4(3)7/h1-5H;1-3,9H;1-2H. The van der Waals surface area contributed by atoms with E-state index in [-0.39, 0.29) is 21.1 Å². The van der Waals surface area contributed by atoms with Gasteiger partial charge in [-0.2, -0.15) is 0 Å². The molecule has 1 N–H and O–H groups in total. The van der Waals surface area contributed by atoms with Gasteiger partial charge in [0.25, 0.3) is 0 Å². The molecular formula is C22H11Cl7I2N2O2. The zero-order chi connectivity index (χ0) is 26.1. The fraction of sp³-hybridized carbons (Fsp3) is 0. The summed E-state index contributed by atoms with van der Waals surface area (Å²) < 4.78 is 7.63. The molecule has 4 rings (SSSR count). The van der Waals surface area contributed by atoms with Gasteiger partial charge in [0.1, 0.15) is 21.7 Å². The maximum Gasteiger partial charge on any atom is 0.151 e. The number of nitrogens with zero attached hydrogens (tertiary/aromatic N) is 2. The van der Waals surface area contributed by atoms with Crippen molar-refractivity contribution in [2.45, 2.75) is 0 Å². The van der Waals surface area contributed by atoms with Gasteiger partial charge in [0.15, 0.2) is 10.9 Å². The highest BCUT2D eigenvalue weighted by Crippen LogP contribution is 2.36. The third-order valence-electron chi connectivity index (χ3n) is 3.63. The molecule has 0 atom stereocenters. The lowest BCUT2D eigenvalue weighted by Crippen LogP contribution is -1.88. The minimum absolute atomic E-state index is 0.136. The number of phenols is 1. The topological polar surface area (TPSA) is 55.2 Å². The molecule has 0 radical (unpaired) electrons. The van der Waals surface area contributed by atoms with E-state index in [1.807, 2.05) is 6.07 Å². The summed E-state index contributed by atoms with van der Waals surface area (Å²) in [5.41, 5.74) is 0. The van der Waals surface area contributed by atoms with Crippen molar-refractivity contribution in [3.8, 4) is 17.2 Å². The fourth-order valence-electron chi connectivity index (χ4n) is 2.03. The van der Waals surface area contributed by atoms with Crippen LogP contribution in [-0.2, 0) is 0 Å². The second-order valence-corrected chi connectivity index (χ2v) is 11.3. The predicted molar refractivity (Wildman–Crippen MR) is 164 cm³/mol. The number of ether oxygens (including phenoxy) is 1. The van der Waals surface area contributed by atoms with Crippen molar-refractivity contribution < 1.29 is 9.84 Å². The summed E-state index contributed by atoms with van der Waals surface area (Å²) in [7, 11) is 0. The molecule has 0 saturated heterocycles. The van der Waals surface area contributed by atoms with Gasteiger partial charge in [-0.05, 0) is 87.6 Å². The van der Waals surface area contributed by atoms with Gasteiger partial charge < -0.3 is 9.84 Å². The normalized spacial score (nSPS) is 9.97. The van der Waals surface area contributed by atoms with Gasteiger partial charge in [-0.3, -0.25) is 0 Å². The second kappa shape index (κ2) is 15.3. The highest BCUT2D eigenvalue weighted by atomic mass is 127. The summed E-state index contributed by atoms with van der Waals surface area (Å²) in [4.78, 5) is 7.53. The van der Waals surface area contributed by atoms with Gasteiger partial charge in [-0.25, -0.2) is 9.97 Å². The Balaban J connectivity index is 0.000000203. The number of rotatable bonds is 2. The number of aromatic nitrogens is 2. The highest BCUT2D eigenvalue weighted by molar-refractivity contribution is 14.1. The highest BCUT2D eigenvalue weighted by Gasteiger charge is 2.10. The molecule has 2 aromatic carbocycles. The summed E-state index contributed by atoms with van der Waals surface area (Å²) in [6, 6.07) is 13.7. The molecule has 2 heterocycles. The van der Waals surface area contributed by atoms with E-state index < -0.39 is 0 Å². The smallest absolute Gasteiger partial charge is 0.151 e. The van der Waals surface area contributed by atoms with Crippen LogP contribution in [0.5, 0.6) is 17.2 Å². The SMILES string of the molecule is Clc1cc(I)ccc1Oc1ccnc(Cl)c1Cl.Clc1ccnc(Cl)c1Cl.Oc1ccc(I)cc1Cl. The van der Waals surface area contributed by atoms with E-state index in [0.29, 0.717) is 31.6 Å². The average Bonchev–Trinajstić information content (AvgIpc) is 2.80. The van der Waals surface area contributed by atoms with Gasteiger partial charge in [0.2, 0.25) is 0 Å². The first-order valence-corrected chi connectivity index (χ1v) is 13.8. The first-order valence-electron chi connectivity index (χ1n) is 9.02. The molecule has 0 aliphatic rings. The van der Waals surface area contributed by atoms with Crippen LogP contribution in [0, 0.1) is 7.14 Å². The first-order chi connectivity index (χ1) is 16.5. The third-order valence-corrected chi connectivity index (χ3v) is 7.50. The zero-order valence-corrected chi connectivity index (χ0v) is 26.5. The quantitative estimate of drug-likeness (QED) is 0.161. The predicted octanol–water partition coefficient (Wildman–Crippen LogP) is 11.1. The number of aromatic hydroxyl groups is 1. The summed E-state index contributed by atoms with van der Waals surface area (Å²) in [5.74, 6) is 1.09. The van der Waals surface area contributed by atoms with Crippen LogP contribution in [0.15, 0.2) is 60.9 Å². The largest absolute Gasteiger partial charge is 0.506 e. The molecule has 0 bridgehead atoms. The van der Waals surface area contributed by atoms with Crippen LogP contribution in [0.25, 0.3) is 0 Å². The molecule has 13 heteroatoms. The lowest BCUT2D eigenvalue weighted by atomic mass is 10.3. The van der Waals surface area contributed by atoms with E-state index in [9.17, 15) is 0 Å². The van der Waals surface area contributed by atoms with Crippen molar-refractivity contribution >= 4 is 126 Å². The monoisotopic (exact) mass is 834 g/mol. The summed E-state index contributed by atoms with van der Waals surface area (Å²) in [6.07, 6.45) is 3.01. The van der Waals surface area contributed by atoms with Crippen molar-refractivity contribution in [1.29, 1.82) is 0 Å². The number of hydrogen-bond acceptors (Lipinski definition) is 4. The molecule has 184 valence electrons. The van der Waals surface area contributed by atoms with Crippen molar-refractivity contribution in [2.75, 3.05) is 0 Å². The molecular weight excluding hydrogens is 826 g/mol. The molecule has 4 nitrogen and oxygen atoms in total. The molecule has 2 aromatic heterocycles. The van der Waals surface area contributed by atoms with Crippen LogP contribution in [0.4, 0.5) is 0 Å². The van der Waals surface area contributed by atoms with Crippen LogP contribution in [-0.4, -0.2) is 15.1 Å². The Labute approximate surface area is 264 Å². The molecule has 0 saturated carbocycles. The van der Waals surface area contributed by atoms with Crippen molar-refractivity contribution in [3.63, 3.8) is 0 Å². The average molecular weight is 837 g/mol. The number of pyridine rings is 2. The van der Waals surface area contributed by atoms with Crippen LogP contribution in [0.3, 0.4) is 0 Å². The van der Waals surface area contributed by atoms with Gasteiger partial charge >= 0.3 is 0 Å². The van der Waals surface area contributed by atoms with E-state index >= 15 is 0 Å². The first kappa shape index (κ1) is 31.1. The third kappa shape index (κ3) is 10.2. The molecule has 0 unspecified atom stereocenters. The number of hydrogen-bond donors (Lipinski definition) is 1. The van der Waals surface area contributed by atoms with E-state index in [0.717, 1.165) is 7.14 Å². The molecule has 0 spiro atoms. The lowest BCUT2D eigenvalue weighted by molar-refractivity contribution is 0.475. The number of halogens is 9. The fourth-order valence-corrected chi connectivity index (χ4v) is 4.55. The molecule has 0 amide bonds. The Morgan fingerprint density at radius 2 is 1.14 bits per heavy atom. The Hall–Kier alpha value is -0.170. The lowest BCUT2D eigenvalue weighted by Gasteiger charge is -2.09. The maximum absolute atomic E-state index is 8.91. The summed E-state index contributed by atoms with van der Waals surface area (Å²) in [6.45, 7) is 0. The van der Waals surface area contributed by atoms with Crippen LogP contribution in [0.1, 0.15) is 0 Å². The zero-order valence-electron chi connectivity index (χ0n) is 16.9. The van der Waals surface area contributed by atoms with Crippen LogP contribution in [0.2, 0.25) is 35.4 Å². The van der Waals surface area contributed by atoms with E-state index in [2.05, 4.69) is 55.1 Å². The van der Waals surface area contributed by atoms with Crippen LogP contribution < -0.4 is 4.74 Å². The van der Waals surface area contributed by atoms with E-state index in [1.54, 1.807) is 42.5 Å². The van der Waals surface area contributed by atoms with Crippen molar-refractivity contribution in [3.05, 3.63) is 103 Å². The second-order valence-electron chi connectivity index (χ2n) is 6.08. The van der Waals surface area contributed by atoms with Gasteiger partial charge in [-0.1, -0.05) is 81.2 Å². The summed E-state index contributed by atoms with van der Waals surface area (Å²) >= 11 is 44.2. The minimum atomic E-state index is 0.136. The Morgan fingerprint density at radius 1 is 0.600 bits per heavy atom. The summed E-state index contributed by atoms with van der Waals surface area (Å²) in [5, 5.41) is 11.3. The van der Waals surface area contributed by atoms with Crippen LogP contribution >= 0.6 is 126 Å². The van der Waals surface area contributed by atoms with Gasteiger partial charge in [0, 0.05) is 25.6 Å². The Bertz CT molecular complexity index is 1290. The number of phenolic OH excluding ortho intramolecular Hbond substituents is 1. The molecule has 35 heavy (non-hydrogen) atoms. The number of benzene rings is 2. The van der Waals surface area contributed by atoms with Gasteiger partial charge in [-0.15, -0.1) is 0 Å². The molecule has 0 aliphatic carbocycles.